The summed E-state index contributed by atoms with van der Waals surface area (Å²) in [6.07, 6.45) is 0.996. The van der Waals surface area contributed by atoms with E-state index in [0.717, 1.165) is 22.3 Å². The second-order valence-electron chi connectivity index (χ2n) is 5.74. The third-order valence-electron chi connectivity index (χ3n) is 4.09. The van der Waals surface area contributed by atoms with Crippen LogP contribution >= 0.6 is 0 Å². The Morgan fingerprint density at radius 1 is 1.38 bits per heavy atom. The van der Waals surface area contributed by atoms with Crippen molar-refractivity contribution in [1.82, 2.24) is 10.2 Å². The molecule has 2 aliphatic rings. The first-order valence-corrected chi connectivity index (χ1v) is 8.68. The number of nitrogens with zero attached hydrogens (tertiary/aromatic N) is 1. The SMILES string of the molecule is Cc1cccc2c1C(=O)N(C(=O)CS(C)(=O)=O)C21CNC1. The predicted molar refractivity (Wildman–Crippen MR) is 76.6 cm³/mol. The highest BCUT2D eigenvalue weighted by Crippen LogP contribution is 2.43. The van der Waals surface area contributed by atoms with E-state index in [-0.39, 0.29) is 0 Å². The van der Waals surface area contributed by atoms with Crippen LogP contribution in [0.3, 0.4) is 0 Å². The maximum atomic E-state index is 12.6. The van der Waals surface area contributed by atoms with Crippen LogP contribution in [-0.2, 0) is 20.2 Å². The maximum Gasteiger partial charge on any atom is 0.262 e. The number of sulfone groups is 1. The van der Waals surface area contributed by atoms with Gasteiger partial charge < -0.3 is 5.32 Å². The molecule has 1 fully saturated rings. The summed E-state index contributed by atoms with van der Waals surface area (Å²) in [5.74, 6) is -1.69. The molecule has 1 aromatic carbocycles. The van der Waals surface area contributed by atoms with Crippen LogP contribution in [0.2, 0.25) is 0 Å². The lowest BCUT2D eigenvalue weighted by Crippen LogP contribution is -2.66. The molecule has 3 rings (SSSR count). The molecule has 0 atom stereocenters. The van der Waals surface area contributed by atoms with Gasteiger partial charge in [0.2, 0.25) is 5.91 Å². The van der Waals surface area contributed by atoms with Crippen molar-refractivity contribution in [3.05, 3.63) is 34.9 Å². The highest BCUT2D eigenvalue weighted by molar-refractivity contribution is 7.91. The van der Waals surface area contributed by atoms with E-state index in [2.05, 4.69) is 5.32 Å². The van der Waals surface area contributed by atoms with Gasteiger partial charge in [-0.25, -0.2) is 8.42 Å². The topological polar surface area (TPSA) is 83.6 Å². The predicted octanol–water partition coefficient (Wildman–Crippen LogP) is -0.179. The Labute approximate surface area is 123 Å². The summed E-state index contributed by atoms with van der Waals surface area (Å²) in [7, 11) is -3.48. The lowest BCUT2D eigenvalue weighted by atomic mass is 9.83. The van der Waals surface area contributed by atoms with Crippen LogP contribution in [0.15, 0.2) is 18.2 Å². The fourth-order valence-corrected chi connectivity index (χ4v) is 3.69. The van der Waals surface area contributed by atoms with Crippen molar-refractivity contribution in [1.29, 1.82) is 0 Å². The number of aryl methyl sites for hydroxylation is 1. The molecule has 0 unspecified atom stereocenters. The molecule has 7 heteroatoms. The van der Waals surface area contributed by atoms with Gasteiger partial charge in [-0.1, -0.05) is 18.2 Å². The number of amides is 2. The van der Waals surface area contributed by atoms with Gasteiger partial charge in [0.05, 0.1) is 0 Å². The summed E-state index contributed by atoms with van der Waals surface area (Å²) in [4.78, 5) is 26.1. The fraction of sp³-hybridized carbons (Fsp3) is 0.429. The molecule has 6 nitrogen and oxygen atoms in total. The van der Waals surface area contributed by atoms with Crippen LogP contribution in [0.4, 0.5) is 0 Å². The summed E-state index contributed by atoms with van der Waals surface area (Å²) in [6.45, 7) is 2.75. The van der Waals surface area contributed by atoms with Crippen LogP contribution in [0.25, 0.3) is 0 Å². The van der Waals surface area contributed by atoms with Gasteiger partial charge in [0.15, 0.2) is 9.84 Å². The highest BCUT2D eigenvalue weighted by atomic mass is 32.2. The second kappa shape index (κ2) is 4.38. The summed E-state index contributed by atoms with van der Waals surface area (Å²) in [5, 5.41) is 3.08. The molecular formula is C14H16N2O4S. The molecule has 0 bridgehead atoms. The van der Waals surface area contributed by atoms with E-state index >= 15 is 0 Å². The first kappa shape index (κ1) is 14.2. The fourth-order valence-electron chi connectivity index (χ4n) is 3.12. The Morgan fingerprint density at radius 2 is 2.05 bits per heavy atom. The summed E-state index contributed by atoms with van der Waals surface area (Å²) in [6, 6.07) is 5.52. The number of hydrogen-bond acceptors (Lipinski definition) is 5. The summed E-state index contributed by atoms with van der Waals surface area (Å²) in [5.41, 5.74) is 1.42. The van der Waals surface area contributed by atoms with E-state index < -0.39 is 32.9 Å². The molecule has 2 amide bonds. The molecule has 2 aliphatic heterocycles. The zero-order valence-corrected chi connectivity index (χ0v) is 12.7. The van der Waals surface area contributed by atoms with Crippen molar-refractivity contribution in [2.45, 2.75) is 12.5 Å². The lowest BCUT2D eigenvalue weighted by Gasteiger charge is -2.45. The lowest BCUT2D eigenvalue weighted by molar-refractivity contribution is -0.132. The van der Waals surface area contributed by atoms with Gasteiger partial charge in [0, 0.05) is 24.9 Å². The van der Waals surface area contributed by atoms with Gasteiger partial charge in [-0.15, -0.1) is 0 Å². The first-order chi connectivity index (χ1) is 9.76. The average Bonchev–Trinajstić information content (AvgIpc) is 2.57. The molecule has 1 N–H and O–H groups in total. The molecule has 112 valence electrons. The third kappa shape index (κ3) is 1.99. The zero-order valence-electron chi connectivity index (χ0n) is 11.8. The number of hydrogen-bond donors (Lipinski definition) is 1. The van der Waals surface area contributed by atoms with Gasteiger partial charge in [-0.2, -0.15) is 0 Å². The number of fused-ring (bicyclic) bond motifs is 2. The molecule has 0 radical (unpaired) electrons. The minimum absolute atomic E-state index is 0.391. The largest absolute Gasteiger partial charge is 0.311 e. The first-order valence-electron chi connectivity index (χ1n) is 6.62. The Balaban J connectivity index is 2.10. The van der Waals surface area contributed by atoms with Crippen LogP contribution in [0.5, 0.6) is 0 Å². The van der Waals surface area contributed by atoms with Crippen LogP contribution in [-0.4, -0.2) is 50.2 Å². The minimum Gasteiger partial charge on any atom is -0.311 e. The van der Waals surface area contributed by atoms with Crippen molar-refractivity contribution in [2.75, 3.05) is 25.1 Å². The van der Waals surface area contributed by atoms with Crippen molar-refractivity contribution in [3.8, 4) is 0 Å². The van der Waals surface area contributed by atoms with Crippen molar-refractivity contribution in [2.24, 2.45) is 0 Å². The van der Waals surface area contributed by atoms with Crippen molar-refractivity contribution >= 4 is 21.7 Å². The third-order valence-corrected chi connectivity index (χ3v) is 4.86. The van der Waals surface area contributed by atoms with Gasteiger partial charge in [0.1, 0.15) is 11.3 Å². The summed E-state index contributed by atoms with van der Waals surface area (Å²) < 4.78 is 22.8. The summed E-state index contributed by atoms with van der Waals surface area (Å²) >= 11 is 0. The van der Waals surface area contributed by atoms with E-state index in [1.807, 2.05) is 25.1 Å². The van der Waals surface area contributed by atoms with E-state index in [1.165, 1.54) is 0 Å². The van der Waals surface area contributed by atoms with Gasteiger partial charge in [-0.05, 0) is 18.1 Å². The second-order valence-corrected chi connectivity index (χ2v) is 7.88. The number of benzene rings is 1. The molecule has 1 aromatic rings. The maximum absolute atomic E-state index is 12.6. The van der Waals surface area contributed by atoms with Gasteiger partial charge in [0.25, 0.3) is 5.91 Å². The monoisotopic (exact) mass is 308 g/mol. The number of imide groups is 1. The molecule has 1 spiro atoms. The van der Waals surface area contributed by atoms with E-state index in [9.17, 15) is 18.0 Å². The van der Waals surface area contributed by atoms with Crippen LogP contribution in [0, 0.1) is 6.92 Å². The highest BCUT2D eigenvalue weighted by Gasteiger charge is 2.56. The Morgan fingerprint density at radius 3 is 2.57 bits per heavy atom. The molecule has 0 aromatic heterocycles. The van der Waals surface area contributed by atoms with Crippen molar-refractivity contribution in [3.63, 3.8) is 0 Å². The normalized spacial score (nSPS) is 19.5. The number of carbonyl (C=O) groups excluding carboxylic acids is 2. The van der Waals surface area contributed by atoms with Crippen LogP contribution in [0.1, 0.15) is 21.5 Å². The Hall–Kier alpha value is -1.73. The molecule has 0 aliphatic carbocycles. The van der Waals surface area contributed by atoms with Crippen LogP contribution < -0.4 is 5.32 Å². The smallest absolute Gasteiger partial charge is 0.262 e. The molecular weight excluding hydrogens is 292 g/mol. The van der Waals surface area contributed by atoms with Crippen molar-refractivity contribution < 1.29 is 18.0 Å². The molecule has 21 heavy (non-hydrogen) atoms. The average molecular weight is 308 g/mol. The quantitative estimate of drug-likeness (QED) is 0.819. The number of nitrogens with one attached hydrogen (secondary N) is 1. The molecule has 2 heterocycles. The van der Waals surface area contributed by atoms with Gasteiger partial charge in [-0.3, -0.25) is 14.5 Å². The number of carbonyl (C=O) groups is 2. The van der Waals surface area contributed by atoms with E-state index in [1.54, 1.807) is 0 Å². The van der Waals surface area contributed by atoms with Gasteiger partial charge >= 0.3 is 0 Å². The Kier molecular flexibility index (Phi) is 2.97. The minimum atomic E-state index is -3.48. The molecule has 0 saturated carbocycles. The Bertz CT molecular complexity index is 750. The number of rotatable bonds is 2. The van der Waals surface area contributed by atoms with E-state index in [0.29, 0.717) is 18.7 Å². The van der Waals surface area contributed by atoms with E-state index in [4.69, 9.17) is 0 Å². The zero-order chi connectivity index (χ0) is 15.4. The molecule has 1 saturated heterocycles. The standard InChI is InChI=1S/C14H16N2O4S/c1-9-4-3-5-10-12(9)13(18)16(14(10)7-15-8-14)11(17)6-21(2,19)20/h3-5,15H,6-8H2,1-2H3.